The summed E-state index contributed by atoms with van der Waals surface area (Å²) < 4.78 is 18.7. The molecule has 0 saturated heterocycles. The Labute approximate surface area is 102 Å². The summed E-state index contributed by atoms with van der Waals surface area (Å²) in [5.74, 6) is 5.24. The number of halogens is 1. The van der Waals surface area contributed by atoms with Crippen LogP contribution in [0.25, 0.3) is 0 Å². The summed E-state index contributed by atoms with van der Waals surface area (Å²) in [6.45, 7) is 6.46. The van der Waals surface area contributed by atoms with Gasteiger partial charge in [-0.2, -0.15) is 0 Å². The first-order valence-corrected chi connectivity index (χ1v) is 5.75. The van der Waals surface area contributed by atoms with Gasteiger partial charge in [-0.05, 0) is 44.9 Å². The fourth-order valence-corrected chi connectivity index (χ4v) is 1.47. The number of hydrazine groups is 1. The molecule has 0 spiro atoms. The van der Waals surface area contributed by atoms with Crippen LogP contribution in [0.4, 0.5) is 4.39 Å². The minimum absolute atomic E-state index is 0.0176. The van der Waals surface area contributed by atoms with E-state index in [1.54, 1.807) is 6.07 Å². The lowest BCUT2D eigenvalue weighted by Gasteiger charge is -2.24. The van der Waals surface area contributed by atoms with Crippen LogP contribution in [0.1, 0.15) is 26.3 Å². The normalized spacial score (nSPS) is 13.7. The smallest absolute Gasteiger partial charge is 0.123 e. The molecule has 0 aliphatic heterocycles. The molecule has 3 nitrogen and oxygen atoms in total. The van der Waals surface area contributed by atoms with Gasteiger partial charge in [0.15, 0.2) is 0 Å². The largest absolute Gasteiger partial charge is 0.374 e. The van der Waals surface area contributed by atoms with E-state index in [-0.39, 0.29) is 17.5 Å². The average Bonchev–Trinajstić information content (AvgIpc) is 2.23. The second kappa shape index (κ2) is 6.10. The second-order valence-corrected chi connectivity index (χ2v) is 5.12. The van der Waals surface area contributed by atoms with Gasteiger partial charge in [-0.3, -0.25) is 11.3 Å². The van der Waals surface area contributed by atoms with Crippen LogP contribution in [0.15, 0.2) is 24.3 Å². The van der Waals surface area contributed by atoms with Crippen LogP contribution in [-0.4, -0.2) is 18.2 Å². The molecule has 1 atom stereocenters. The molecule has 1 aromatic carbocycles. The van der Waals surface area contributed by atoms with Gasteiger partial charge in [0.2, 0.25) is 0 Å². The number of hydrogen-bond donors (Lipinski definition) is 2. The highest BCUT2D eigenvalue weighted by Crippen LogP contribution is 2.10. The van der Waals surface area contributed by atoms with E-state index in [0.29, 0.717) is 13.0 Å². The first kappa shape index (κ1) is 14.1. The van der Waals surface area contributed by atoms with Gasteiger partial charge in [-0.1, -0.05) is 12.1 Å². The molecule has 0 aliphatic rings. The molecule has 0 aromatic heterocycles. The maximum Gasteiger partial charge on any atom is 0.123 e. The number of nitrogens with one attached hydrogen (secondary N) is 1. The van der Waals surface area contributed by atoms with Crippen molar-refractivity contribution in [2.75, 3.05) is 6.61 Å². The maximum absolute atomic E-state index is 13.0. The Morgan fingerprint density at radius 2 is 2.12 bits per heavy atom. The van der Waals surface area contributed by atoms with Crippen molar-refractivity contribution in [1.82, 2.24) is 5.43 Å². The molecule has 3 N–H and O–H groups in total. The van der Waals surface area contributed by atoms with Crippen molar-refractivity contribution >= 4 is 0 Å². The van der Waals surface area contributed by atoms with E-state index in [4.69, 9.17) is 10.6 Å². The minimum Gasteiger partial charge on any atom is -0.374 e. The van der Waals surface area contributed by atoms with Crippen molar-refractivity contribution in [3.05, 3.63) is 35.6 Å². The Bertz CT molecular complexity index is 350. The predicted octanol–water partition coefficient (Wildman–Crippen LogP) is 2.02. The number of rotatable bonds is 5. The van der Waals surface area contributed by atoms with Gasteiger partial charge < -0.3 is 4.74 Å². The van der Waals surface area contributed by atoms with E-state index in [1.807, 2.05) is 26.8 Å². The van der Waals surface area contributed by atoms with E-state index in [0.717, 1.165) is 5.56 Å². The molecular formula is C13H21FN2O. The fraction of sp³-hybridized carbons (Fsp3) is 0.538. The zero-order chi connectivity index (χ0) is 12.9. The zero-order valence-corrected chi connectivity index (χ0v) is 10.7. The lowest BCUT2D eigenvalue weighted by molar-refractivity contribution is -0.0143. The van der Waals surface area contributed by atoms with Crippen LogP contribution in [-0.2, 0) is 11.2 Å². The monoisotopic (exact) mass is 240 g/mol. The molecule has 0 saturated carbocycles. The molecule has 96 valence electrons. The van der Waals surface area contributed by atoms with Crippen LogP contribution >= 0.6 is 0 Å². The van der Waals surface area contributed by atoms with Gasteiger partial charge in [0.25, 0.3) is 0 Å². The first-order valence-electron chi connectivity index (χ1n) is 5.75. The third-order valence-corrected chi connectivity index (χ3v) is 2.32. The summed E-state index contributed by atoms with van der Waals surface area (Å²) in [6.07, 6.45) is 0.643. The van der Waals surface area contributed by atoms with E-state index >= 15 is 0 Å². The molecule has 17 heavy (non-hydrogen) atoms. The highest BCUT2D eigenvalue weighted by atomic mass is 19.1. The maximum atomic E-state index is 13.0. The van der Waals surface area contributed by atoms with Crippen LogP contribution < -0.4 is 11.3 Å². The Morgan fingerprint density at radius 3 is 2.65 bits per heavy atom. The van der Waals surface area contributed by atoms with Gasteiger partial charge >= 0.3 is 0 Å². The van der Waals surface area contributed by atoms with Gasteiger partial charge in [-0.25, -0.2) is 4.39 Å². The molecule has 1 unspecified atom stereocenters. The summed E-state index contributed by atoms with van der Waals surface area (Å²) >= 11 is 0. The number of ether oxygens (including phenoxy) is 1. The predicted molar refractivity (Wildman–Crippen MR) is 66.9 cm³/mol. The third-order valence-electron chi connectivity index (χ3n) is 2.32. The van der Waals surface area contributed by atoms with E-state index < -0.39 is 0 Å². The lowest BCUT2D eigenvalue weighted by Crippen LogP contribution is -2.42. The van der Waals surface area contributed by atoms with E-state index in [2.05, 4.69) is 5.43 Å². The minimum atomic E-state index is -0.227. The van der Waals surface area contributed by atoms with Crippen LogP contribution in [0.3, 0.4) is 0 Å². The number of hydrogen-bond acceptors (Lipinski definition) is 3. The van der Waals surface area contributed by atoms with Crippen molar-refractivity contribution < 1.29 is 9.13 Å². The topological polar surface area (TPSA) is 47.3 Å². The quantitative estimate of drug-likeness (QED) is 0.611. The third kappa shape index (κ3) is 5.77. The first-order chi connectivity index (χ1) is 7.90. The van der Waals surface area contributed by atoms with Crippen molar-refractivity contribution in [3.63, 3.8) is 0 Å². The molecule has 4 heteroatoms. The molecule has 0 aliphatic carbocycles. The molecular weight excluding hydrogens is 219 g/mol. The van der Waals surface area contributed by atoms with Crippen molar-refractivity contribution in [2.24, 2.45) is 5.84 Å². The van der Waals surface area contributed by atoms with Gasteiger partial charge in [0, 0.05) is 6.04 Å². The van der Waals surface area contributed by atoms with E-state index in [9.17, 15) is 4.39 Å². The van der Waals surface area contributed by atoms with Crippen LogP contribution in [0.5, 0.6) is 0 Å². The number of nitrogens with two attached hydrogens (primary N) is 1. The molecule has 0 heterocycles. The summed E-state index contributed by atoms with van der Waals surface area (Å²) in [4.78, 5) is 0. The Balaban J connectivity index is 2.52. The lowest BCUT2D eigenvalue weighted by atomic mass is 10.1. The second-order valence-electron chi connectivity index (χ2n) is 5.12. The fourth-order valence-electron chi connectivity index (χ4n) is 1.47. The molecule has 1 rings (SSSR count). The van der Waals surface area contributed by atoms with Gasteiger partial charge in [-0.15, -0.1) is 0 Å². The summed E-state index contributed by atoms with van der Waals surface area (Å²) in [7, 11) is 0. The SMILES string of the molecule is CC(C)(C)OCC(Cc1cccc(F)c1)NN. The Morgan fingerprint density at radius 1 is 1.41 bits per heavy atom. The average molecular weight is 240 g/mol. The Hall–Kier alpha value is -0.970. The van der Waals surface area contributed by atoms with Gasteiger partial charge in [0.1, 0.15) is 5.82 Å². The summed E-state index contributed by atoms with van der Waals surface area (Å²) in [5, 5.41) is 0. The van der Waals surface area contributed by atoms with Crippen molar-refractivity contribution in [3.8, 4) is 0 Å². The van der Waals surface area contributed by atoms with Crippen molar-refractivity contribution in [2.45, 2.75) is 38.8 Å². The Kier molecular flexibility index (Phi) is 5.05. The molecule has 0 radical (unpaired) electrons. The van der Waals surface area contributed by atoms with Gasteiger partial charge in [0.05, 0.1) is 12.2 Å². The summed E-state index contributed by atoms with van der Waals surface area (Å²) in [5.41, 5.74) is 3.41. The highest BCUT2D eigenvalue weighted by Gasteiger charge is 2.15. The number of benzene rings is 1. The van der Waals surface area contributed by atoms with Crippen LogP contribution in [0.2, 0.25) is 0 Å². The zero-order valence-electron chi connectivity index (χ0n) is 10.7. The molecule has 0 fully saturated rings. The highest BCUT2D eigenvalue weighted by molar-refractivity contribution is 5.17. The van der Waals surface area contributed by atoms with E-state index in [1.165, 1.54) is 12.1 Å². The van der Waals surface area contributed by atoms with Crippen LogP contribution in [0, 0.1) is 5.82 Å². The molecule has 1 aromatic rings. The molecule has 0 amide bonds. The standard InChI is InChI=1S/C13H21FN2O/c1-13(2,3)17-9-12(16-15)8-10-5-4-6-11(14)7-10/h4-7,12,16H,8-9,15H2,1-3H3. The molecule has 0 bridgehead atoms. The summed E-state index contributed by atoms with van der Waals surface area (Å²) in [6, 6.07) is 6.51. The van der Waals surface area contributed by atoms with Crippen molar-refractivity contribution in [1.29, 1.82) is 0 Å².